The molecule has 5 heteroatoms. The van der Waals surface area contributed by atoms with Crippen LogP contribution in [0.5, 0.6) is 0 Å². The van der Waals surface area contributed by atoms with Gasteiger partial charge >= 0.3 is 0 Å². The summed E-state index contributed by atoms with van der Waals surface area (Å²) in [5.74, 6) is 0.185. The van der Waals surface area contributed by atoms with Gasteiger partial charge in [-0.3, -0.25) is 9.78 Å². The maximum Gasteiger partial charge on any atom is 0.274 e. The van der Waals surface area contributed by atoms with Gasteiger partial charge in [-0.25, -0.2) is 4.98 Å². The molecule has 26 heavy (non-hydrogen) atoms. The molecular formula is C21H17N3O2. The van der Waals surface area contributed by atoms with Crippen LogP contribution in [0.15, 0.2) is 77.8 Å². The van der Waals surface area contributed by atoms with Gasteiger partial charge in [-0.2, -0.15) is 0 Å². The van der Waals surface area contributed by atoms with Gasteiger partial charge in [0.25, 0.3) is 5.91 Å². The minimum Gasteiger partial charge on any atom is -0.443 e. The number of pyridine rings is 1. The Morgan fingerprint density at radius 2 is 1.92 bits per heavy atom. The summed E-state index contributed by atoms with van der Waals surface area (Å²) in [6.07, 6.45) is 4.74. The maximum atomic E-state index is 12.7. The Bertz CT molecular complexity index is 1060. The number of hydrogen-bond acceptors (Lipinski definition) is 4. The van der Waals surface area contributed by atoms with Gasteiger partial charge in [0.05, 0.1) is 6.04 Å². The summed E-state index contributed by atoms with van der Waals surface area (Å²) in [6.45, 7) is 1.91. The average Bonchev–Trinajstić information content (AvgIpc) is 3.18. The third-order valence-electron chi connectivity index (χ3n) is 4.33. The number of benzene rings is 2. The summed E-state index contributed by atoms with van der Waals surface area (Å²) in [6, 6.07) is 17.6. The Morgan fingerprint density at radius 1 is 1.08 bits per heavy atom. The molecule has 0 saturated carbocycles. The first-order chi connectivity index (χ1) is 12.7. The van der Waals surface area contributed by atoms with Crippen molar-refractivity contribution in [2.24, 2.45) is 0 Å². The summed E-state index contributed by atoms with van der Waals surface area (Å²) in [7, 11) is 0. The van der Waals surface area contributed by atoms with E-state index in [-0.39, 0.29) is 17.6 Å². The number of fused-ring (bicyclic) bond motifs is 1. The van der Waals surface area contributed by atoms with Crippen LogP contribution in [0.3, 0.4) is 0 Å². The van der Waals surface area contributed by atoms with Crippen molar-refractivity contribution in [2.75, 3.05) is 0 Å². The Morgan fingerprint density at radius 3 is 2.73 bits per heavy atom. The lowest BCUT2D eigenvalue weighted by atomic mass is 10.0. The molecule has 0 spiro atoms. The monoisotopic (exact) mass is 343 g/mol. The summed E-state index contributed by atoms with van der Waals surface area (Å²) in [4.78, 5) is 20.9. The molecule has 1 atom stereocenters. The first kappa shape index (κ1) is 16.0. The molecule has 128 valence electrons. The van der Waals surface area contributed by atoms with Crippen LogP contribution in [0, 0.1) is 0 Å². The molecule has 0 saturated heterocycles. The van der Waals surface area contributed by atoms with E-state index in [9.17, 15) is 4.79 Å². The Labute approximate surface area is 150 Å². The van der Waals surface area contributed by atoms with Crippen molar-refractivity contribution in [2.45, 2.75) is 13.0 Å². The molecule has 5 nitrogen and oxygen atoms in total. The molecule has 4 aromatic rings. The summed E-state index contributed by atoms with van der Waals surface area (Å²) in [5.41, 5.74) is 2.02. The molecule has 0 unspecified atom stereocenters. The van der Waals surface area contributed by atoms with E-state index in [1.54, 1.807) is 12.4 Å². The zero-order valence-corrected chi connectivity index (χ0v) is 14.2. The molecule has 4 rings (SSSR count). The van der Waals surface area contributed by atoms with Gasteiger partial charge in [-0.05, 0) is 35.4 Å². The molecule has 0 aliphatic rings. The first-order valence-electron chi connectivity index (χ1n) is 8.36. The van der Waals surface area contributed by atoms with E-state index < -0.39 is 0 Å². The number of rotatable bonds is 4. The molecule has 0 radical (unpaired) electrons. The highest BCUT2D eigenvalue weighted by atomic mass is 16.3. The lowest BCUT2D eigenvalue weighted by Gasteiger charge is -2.13. The molecule has 2 aromatic heterocycles. The van der Waals surface area contributed by atoms with Gasteiger partial charge < -0.3 is 9.73 Å². The van der Waals surface area contributed by atoms with Crippen molar-refractivity contribution in [1.29, 1.82) is 0 Å². The number of nitrogens with one attached hydrogen (secondary N) is 1. The molecule has 0 fully saturated rings. The standard InChI is InChI=1S/C21H17N3O2/c1-14(18-7-4-10-22-12-18)24-21(25)19-20(26-13-23-19)17-9-8-15-5-2-3-6-16(15)11-17/h2-14H,1H3,(H,24,25)/t14-/m0/s1. The van der Waals surface area contributed by atoms with Gasteiger partial charge in [0.1, 0.15) is 0 Å². The second-order valence-corrected chi connectivity index (χ2v) is 6.07. The number of oxazole rings is 1. The highest BCUT2D eigenvalue weighted by Gasteiger charge is 2.20. The summed E-state index contributed by atoms with van der Waals surface area (Å²) >= 11 is 0. The Kier molecular flexibility index (Phi) is 4.19. The number of amides is 1. The Hall–Kier alpha value is -3.47. The summed E-state index contributed by atoms with van der Waals surface area (Å²) < 4.78 is 5.52. The van der Waals surface area contributed by atoms with Gasteiger partial charge in [0, 0.05) is 18.0 Å². The van der Waals surface area contributed by atoms with Gasteiger partial charge in [-0.1, -0.05) is 42.5 Å². The lowest BCUT2D eigenvalue weighted by molar-refractivity contribution is 0.0935. The van der Waals surface area contributed by atoms with E-state index in [1.165, 1.54) is 6.39 Å². The van der Waals surface area contributed by atoms with Crippen molar-refractivity contribution in [3.8, 4) is 11.3 Å². The second-order valence-electron chi connectivity index (χ2n) is 6.07. The lowest BCUT2D eigenvalue weighted by Crippen LogP contribution is -2.27. The molecule has 0 aliphatic heterocycles. The van der Waals surface area contributed by atoms with E-state index in [0.717, 1.165) is 21.9 Å². The number of hydrogen-bond donors (Lipinski definition) is 1. The highest BCUT2D eigenvalue weighted by molar-refractivity contribution is 5.99. The normalized spacial score (nSPS) is 12.0. The largest absolute Gasteiger partial charge is 0.443 e. The smallest absolute Gasteiger partial charge is 0.274 e. The van der Waals surface area contributed by atoms with Crippen molar-refractivity contribution >= 4 is 16.7 Å². The molecule has 0 bridgehead atoms. The van der Waals surface area contributed by atoms with Crippen LogP contribution in [0.4, 0.5) is 0 Å². The van der Waals surface area contributed by atoms with Gasteiger partial charge in [0.15, 0.2) is 17.8 Å². The van der Waals surface area contributed by atoms with Crippen LogP contribution >= 0.6 is 0 Å². The van der Waals surface area contributed by atoms with Crippen LogP contribution in [0.1, 0.15) is 29.0 Å². The predicted octanol–water partition coefficient (Wildman–Crippen LogP) is 4.38. The fourth-order valence-electron chi connectivity index (χ4n) is 2.92. The van der Waals surface area contributed by atoms with Crippen molar-refractivity contribution < 1.29 is 9.21 Å². The number of nitrogens with zero attached hydrogens (tertiary/aromatic N) is 2. The van der Waals surface area contributed by atoms with E-state index in [1.807, 2.05) is 61.5 Å². The molecule has 2 heterocycles. The molecule has 0 aliphatic carbocycles. The Balaban J connectivity index is 1.62. The minimum atomic E-state index is -0.279. The third kappa shape index (κ3) is 3.07. The summed E-state index contributed by atoms with van der Waals surface area (Å²) in [5, 5.41) is 5.16. The maximum absolute atomic E-state index is 12.7. The van der Waals surface area contributed by atoms with Crippen LogP contribution < -0.4 is 5.32 Å². The average molecular weight is 343 g/mol. The van der Waals surface area contributed by atoms with Crippen molar-refractivity contribution in [3.63, 3.8) is 0 Å². The van der Waals surface area contributed by atoms with E-state index in [2.05, 4.69) is 15.3 Å². The van der Waals surface area contributed by atoms with Gasteiger partial charge in [-0.15, -0.1) is 0 Å². The fraction of sp³-hybridized carbons (Fsp3) is 0.0952. The van der Waals surface area contributed by atoms with Crippen molar-refractivity contribution in [3.05, 3.63) is 84.6 Å². The highest BCUT2D eigenvalue weighted by Crippen LogP contribution is 2.27. The van der Waals surface area contributed by atoms with E-state index in [0.29, 0.717) is 5.76 Å². The molecule has 2 aromatic carbocycles. The number of carbonyl (C=O) groups is 1. The molecule has 1 N–H and O–H groups in total. The first-order valence-corrected chi connectivity index (χ1v) is 8.36. The topological polar surface area (TPSA) is 68.0 Å². The second kappa shape index (κ2) is 6.80. The predicted molar refractivity (Wildman–Crippen MR) is 99.6 cm³/mol. The van der Waals surface area contributed by atoms with Crippen LogP contribution in [-0.2, 0) is 0 Å². The van der Waals surface area contributed by atoms with Crippen LogP contribution in [0.25, 0.3) is 22.1 Å². The fourth-order valence-corrected chi connectivity index (χ4v) is 2.92. The zero-order chi connectivity index (χ0) is 17.9. The van der Waals surface area contributed by atoms with E-state index in [4.69, 9.17) is 4.42 Å². The molecule has 1 amide bonds. The van der Waals surface area contributed by atoms with E-state index >= 15 is 0 Å². The third-order valence-corrected chi connectivity index (χ3v) is 4.33. The van der Waals surface area contributed by atoms with Gasteiger partial charge in [0.2, 0.25) is 0 Å². The van der Waals surface area contributed by atoms with Crippen LogP contribution in [0.2, 0.25) is 0 Å². The quantitative estimate of drug-likeness (QED) is 0.597. The zero-order valence-electron chi connectivity index (χ0n) is 14.2. The minimum absolute atomic E-state index is 0.183. The van der Waals surface area contributed by atoms with Crippen LogP contribution in [-0.4, -0.2) is 15.9 Å². The number of carbonyl (C=O) groups excluding carboxylic acids is 1. The molecular weight excluding hydrogens is 326 g/mol. The SMILES string of the molecule is C[C@H](NC(=O)c1ncoc1-c1ccc2ccccc2c1)c1cccnc1. The van der Waals surface area contributed by atoms with Crippen molar-refractivity contribution in [1.82, 2.24) is 15.3 Å². The number of aromatic nitrogens is 2.